The van der Waals surface area contributed by atoms with Crippen LogP contribution >= 0.6 is 0 Å². The third kappa shape index (κ3) is 4.69. The van der Waals surface area contributed by atoms with Crippen LogP contribution in [0.15, 0.2) is 0 Å². The molecule has 1 saturated heterocycles. The fourth-order valence-electron chi connectivity index (χ4n) is 5.09. The molecular weight excluding hydrogens is 256 g/mol. The van der Waals surface area contributed by atoms with Crippen molar-refractivity contribution in [2.24, 2.45) is 11.8 Å². The first-order chi connectivity index (χ1) is 10.4. The summed E-state index contributed by atoms with van der Waals surface area (Å²) in [7, 11) is 0. The zero-order valence-electron chi connectivity index (χ0n) is 13.9. The van der Waals surface area contributed by atoms with Crippen LogP contribution in [0.5, 0.6) is 0 Å². The summed E-state index contributed by atoms with van der Waals surface area (Å²) in [6.45, 7) is 2.54. The Morgan fingerprint density at radius 1 is 0.762 bits per heavy atom. The Kier molecular flexibility index (Phi) is 6.42. The van der Waals surface area contributed by atoms with Gasteiger partial charge in [-0.05, 0) is 57.0 Å². The highest BCUT2D eigenvalue weighted by atomic mass is 15.0. The molecule has 2 nitrogen and oxygen atoms in total. The van der Waals surface area contributed by atoms with Gasteiger partial charge in [-0.1, -0.05) is 51.4 Å². The van der Waals surface area contributed by atoms with Crippen LogP contribution in [0.1, 0.15) is 83.5 Å². The minimum absolute atomic E-state index is 0.804. The molecule has 0 aromatic heterocycles. The molecule has 2 N–H and O–H groups in total. The lowest BCUT2D eigenvalue weighted by Crippen LogP contribution is -2.50. The highest BCUT2D eigenvalue weighted by Gasteiger charge is 2.32. The van der Waals surface area contributed by atoms with Crippen molar-refractivity contribution in [1.82, 2.24) is 10.6 Å². The molecule has 3 rings (SSSR count). The molecule has 1 aliphatic heterocycles. The van der Waals surface area contributed by atoms with Gasteiger partial charge in [0.2, 0.25) is 0 Å². The van der Waals surface area contributed by atoms with Gasteiger partial charge in [-0.15, -0.1) is 0 Å². The van der Waals surface area contributed by atoms with Gasteiger partial charge in [-0.3, -0.25) is 0 Å². The zero-order valence-corrected chi connectivity index (χ0v) is 13.9. The van der Waals surface area contributed by atoms with E-state index >= 15 is 0 Å². The third-order valence-electron chi connectivity index (χ3n) is 6.37. The molecule has 3 aliphatic rings. The van der Waals surface area contributed by atoms with Crippen molar-refractivity contribution in [2.75, 3.05) is 13.1 Å². The van der Waals surface area contributed by atoms with Gasteiger partial charge in [0.15, 0.2) is 0 Å². The lowest BCUT2D eigenvalue weighted by atomic mass is 9.77. The number of rotatable bonds is 5. The van der Waals surface area contributed by atoms with E-state index in [1.165, 1.54) is 96.6 Å². The summed E-state index contributed by atoms with van der Waals surface area (Å²) in [5.41, 5.74) is 0. The standard InChI is InChI=1S/C19H36N2/c1-2-8-16(9-3-1)13-15-21-19-11-5-4-10-17(19)18-12-6-7-14-20-18/h16-21H,1-15H2. The van der Waals surface area contributed by atoms with E-state index in [-0.39, 0.29) is 0 Å². The van der Waals surface area contributed by atoms with E-state index in [2.05, 4.69) is 10.6 Å². The zero-order chi connectivity index (χ0) is 14.3. The average molecular weight is 293 g/mol. The van der Waals surface area contributed by atoms with E-state index in [1.807, 2.05) is 0 Å². The molecule has 3 atom stereocenters. The van der Waals surface area contributed by atoms with Crippen LogP contribution in [-0.2, 0) is 0 Å². The number of hydrogen-bond acceptors (Lipinski definition) is 2. The molecule has 2 aliphatic carbocycles. The van der Waals surface area contributed by atoms with Gasteiger partial charge in [0.1, 0.15) is 0 Å². The summed E-state index contributed by atoms with van der Waals surface area (Å²) in [6, 6.07) is 1.61. The van der Waals surface area contributed by atoms with E-state index < -0.39 is 0 Å². The van der Waals surface area contributed by atoms with Gasteiger partial charge in [-0.25, -0.2) is 0 Å². The normalized spacial score (nSPS) is 35.7. The Balaban J connectivity index is 1.42. The summed E-state index contributed by atoms with van der Waals surface area (Å²) < 4.78 is 0. The van der Waals surface area contributed by atoms with Gasteiger partial charge >= 0.3 is 0 Å². The monoisotopic (exact) mass is 292 g/mol. The Morgan fingerprint density at radius 3 is 2.33 bits per heavy atom. The maximum absolute atomic E-state index is 3.98. The second-order valence-corrected chi connectivity index (χ2v) is 7.86. The second kappa shape index (κ2) is 8.53. The lowest BCUT2D eigenvalue weighted by Gasteiger charge is -2.40. The van der Waals surface area contributed by atoms with Crippen LogP contribution in [0.3, 0.4) is 0 Å². The second-order valence-electron chi connectivity index (χ2n) is 7.86. The molecule has 0 aromatic carbocycles. The molecule has 0 spiro atoms. The van der Waals surface area contributed by atoms with Crippen LogP contribution in [-0.4, -0.2) is 25.2 Å². The highest BCUT2D eigenvalue weighted by Crippen LogP contribution is 2.31. The van der Waals surface area contributed by atoms with Crippen molar-refractivity contribution in [3.05, 3.63) is 0 Å². The predicted octanol–water partition coefficient (Wildman–Crippen LogP) is 4.25. The summed E-state index contributed by atoms with van der Waals surface area (Å²) in [5.74, 6) is 1.94. The quantitative estimate of drug-likeness (QED) is 0.791. The number of nitrogens with one attached hydrogen (secondary N) is 2. The van der Waals surface area contributed by atoms with Crippen molar-refractivity contribution < 1.29 is 0 Å². The molecule has 0 aromatic rings. The first kappa shape index (κ1) is 15.8. The molecule has 0 radical (unpaired) electrons. The molecule has 1 heterocycles. The van der Waals surface area contributed by atoms with Gasteiger partial charge < -0.3 is 10.6 Å². The van der Waals surface area contributed by atoms with E-state index in [0.29, 0.717) is 0 Å². The van der Waals surface area contributed by atoms with Crippen LogP contribution in [0.2, 0.25) is 0 Å². The number of hydrogen-bond donors (Lipinski definition) is 2. The Hall–Kier alpha value is -0.0800. The Morgan fingerprint density at radius 2 is 1.52 bits per heavy atom. The van der Waals surface area contributed by atoms with E-state index in [9.17, 15) is 0 Å². The highest BCUT2D eigenvalue weighted by molar-refractivity contribution is 4.90. The van der Waals surface area contributed by atoms with Crippen LogP contribution < -0.4 is 10.6 Å². The molecule has 3 unspecified atom stereocenters. The van der Waals surface area contributed by atoms with Gasteiger partial charge in [0.25, 0.3) is 0 Å². The molecule has 3 fully saturated rings. The van der Waals surface area contributed by atoms with Gasteiger partial charge in [0, 0.05) is 12.1 Å². The summed E-state index contributed by atoms with van der Waals surface area (Å²) >= 11 is 0. The summed E-state index contributed by atoms with van der Waals surface area (Å²) in [4.78, 5) is 0. The molecular formula is C19H36N2. The van der Waals surface area contributed by atoms with Crippen molar-refractivity contribution >= 4 is 0 Å². The third-order valence-corrected chi connectivity index (χ3v) is 6.37. The molecule has 2 saturated carbocycles. The first-order valence-electron chi connectivity index (χ1n) is 9.90. The van der Waals surface area contributed by atoms with Gasteiger partial charge in [0.05, 0.1) is 0 Å². The smallest absolute Gasteiger partial charge is 0.0110 e. The van der Waals surface area contributed by atoms with Crippen LogP contribution in [0, 0.1) is 11.8 Å². The Labute approximate surface area is 131 Å². The molecule has 0 bridgehead atoms. The average Bonchev–Trinajstić information content (AvgIpc) is 2.57. The SMILES string of the molecule is C1CCC(CCNC2CCCCC2C2CCCCN2)CC1. The van der Waals surface area contributed by atoms with Crippen LogP contribution in [0.25, 0.3) is 0 Å². The molecule has 0 amide bonds. The predicted molar refractivity (Wildman–Crippen MR) is 90.6 cm³/mol. The van der Waals surface area contributed by atoms with Crippen molar-refractivity contribution in [3.8, 4) is 0 Å². The first-order valence-corrected chi connectivity index (χ1v) is 9.90. The summed E-state index contributed by atoms with van der Waals surface area (Å²) in [5, 5.41) is 7.79. The molecule has 2 heteroatoms. The maximum atomic E-state index is 3.98. The van der Waals surface area contributed by atoms with Crippen molar-refractivity contribution in [1.29, 1.82) is 0 Å². The molecule has 122 valence electrons. The van der Waals surface area contributed by atoms with Crippen molar-refractivity contribution in [3.63, 3.8) is 0 Å². The topological polar surface area (TPSA) is 24.1 Å². The fourth-order valence-corrected chi connectivity index (χ4v) is 5.09. The van der Waals surface area contributed by atoms with Crippen LogP contribution in [0.4, 0.5) is 0 Å². The maximum Gasteiger partial charge on any atom is 0.0110 e. The van der Waals surface area contributed by atoms with Gasteiger partial charge in [-0.2, -0.15) is 0 Å². The minimum Gasteiger partial charge on any atom is -0.314 e. The van der Waals surface area contributed by atoms with E-state index in [4.69, 9.17) is 0 Å². The Bertz CT molecular complexity index is 279. The fraction of sp³-hybridized carbons (Fsp3) is 1.00. The van der Waals surface area contributed by atoms with Crippen molar-refractivity contribution in [2.45, 2.75) is 95.6 Å². The summed E-state index contributed by atoms with van der Waals surface area (Å²) in [6.07, 6.45) is 19.0. The van der Waals surface area contributed by atoms with E-state index in [0.717, 1.165) is 23.9 Å². The van der Waals surface area contributed by atoms with E-state index in [1.54, 1.807) is 0 Å². The largest absolute Gasteiger partial charge is 0.314 e. The minimum atomic E-state index is 0.804. The molecule has 21 heavy (non-hydrogen) atoms. The number of piperidine rings is 1. The lowest BCUT2D eigenvalue weighted by molar-refractivity contribution is 0.179.